The largest absolute Gasteiger partial charge is 0.328 e. The Hall–Kier alpha value is -1.43. The maximum absolute atomic E-state index is 10.5. The van der Waals surface area contributed by atoms with Crippen LogP contribution in [0.1, 0.15) is 38.2 Å². The summed E-state index contributed by atoms with van der Waals surface area (Å²) >= 11 is 0. The van der Waals surface area contributed by atoms with Gasteiger partial charge in [-0.2, -0.15) is 8.42 Å². The Balaban J connectivity index is 0.000000231. The van der Waals surface area contributed by atoms with E-state index in [0.29, 0.717) is 6.04 Å². The highest BCUT2D eigenvalue weighted by atomic mass is 32.2. The van der Waals surface area contributed by atoms with Crippen molar-refractivity contribution in [1.29, 1.82) is 0 Å². The summed E-state index contributed by atoms with van der Waals surface area (Å²) in [5.74, 6) is 0.751. The van der Waals surface area contributed by atoms with Crippen LogP contribution in [0.25, 0.3) is 0 Å². The molecule has 0 aromatic heterocycles. The van der Waals surface area contributed by atoms with E-state index in [1.165, 1.54) is 37.8 Å². The lowest BCUT2D eigenvalue weighted by Gasteiger charge is -2.23. The van der Waals surface area contributed by atoms with Gasteiger partial charge in [-0.15, -0.1) is 0 Å². The number of rotatable bonds is 3. The first-order valence-electron chi connectivity index (χ1n) is 7.82. The average Bonchev–Trinajstić information content (AvgIpc) is 2.47. The summed E-state index contributed by atoms with van der Waals surface area (Å²) in [6.07, 6.45) is 9.29. The normalized spacial score (nSPS) is 21.6. The number of nitrogens with two attached hydrogens (primary N) is 1. The van der Waals surface area contributed by atoms with Gasteiger partial charge in [0.1, 0.15) is 0 Å². The van der Waals surface area contributed by atoms with Gasteiger partial charge >= 0.3 is 0 Å². The molecule has 5 heteroatoms. The van der Waals surface area contributed by atoms with Crippen LogP contribution >= 0.6 is 0 Å². The Bertz CT molecular complexity index is 625. The van der Waals surface area contributed by atoms with Crippen molar-refractivity contribution in [3.05, 3.63) is 54.1 Å². The van der Waals surface area contributed by atoms with Gasteiger partial charge in [0.05, 0.1) is 4.90 Å². The van der Waals surface area contributed by atoms with E-state index in [9.17, 15) is 8.42 Å². The molecule has 0 spiro atoms. The fraction of sp³-hybridized carbons (Fsp3) is 0.444. The fourth-order valence-corrected chi connectivity index (χ4v) is 2.83. The van der Waals surface area contributed by atoms with Crippen LogP contribution < -0.4 is 5.73 Å². The zero-order valence-corrected chi connectivity index (χ0v) is 14.7. The molecular weight excluding hydrogens is 310 g/mol. The van der Waals surface area contributed by atoms with Gasteiger partial charge in [-0.3, -0.25) is 4.55 Å². The average molecular weight is 337 g/mol. The van der Waals surface area contributed by atoms with Gasteiger partial charge in [-0.25, -0.2) is 0 Å². The highest BCUT2D eigenvalue weighted by Gasteiger charge is 2.15. The standard InChI is InChI=1S/C11H19N.C7H8O3S/c1-9(2)3-4-10-5-7-11(12)8-6-10;1-6-2-4-7(5-3-6)11(8,9)10/h3-4,10-11H,1,5-8,12H2,2H3;2-5H,1H3,(H,8,9,10)/b4-3+;. The Kier molecular flexibility index (Phi) is 7.68. The van der Waals surface area contributed by atoms with Crippen molar-refractivity contribution < 1.29 is 13.0 Å². The van der Waals surface area contributed by atoms with Gasteiger partial charge < -0.3 is 5.73 Å². The molecular formula is C18H27NO3S. The molecule has 0 amide bonds. The highest BCUT2D eigenvalue weighted by Crippen LogP contribution is 2.24. The lowest BCUT2D eigenvalue weighted by Crippen LogP contribution is -2.25. The summed E-state index contributed by atoms with van der Waals surface area (Å²) in [5, 5.41) is 0. The number of allylic oxidation sites excluding steroid dienone is 3. The van der Waals surface area contributed by atoms with Crippen molar-refractivity contribution in [3.8, 4) is 0 Å². The van der Waals surface area contributed by atoms with Crippen LogP contribution in [0, 0.1) is 12.8 Å². The summed E-state index contributed by atoms with van der Waals surface area (Å²) in [7, 11) is -4.02. The summed E-state index contributed by atoms with van der Waals surface area (Å²) in [6.45, 7) is 7.72. The fourth-order valence-electron chi connectivity index (χ4n) is 2.35. The second-order valence-electron chi connectivity index (χ2n) is 6.17. The topological polar surface area (TPSA) is 80.4 Å². The molecule has 0 saturated heterocycles. The van der Waals surface area contributed by atoms with Gasteiger partial charge in [0.15, 0.2) is 0 Å². The lowest BCUT2D eigenvalue weighted by atomic mass is 9.86. The van der Waals surface area contributed by atoms with Crippen molar-refractivity contribution in [2.24, 2.45) is 11.7 Å². The molecule has 1 aliphatic carbocycles. The van der Waals surface area contributed by atoms with Gasteiger partial charge in [-0.05, 0) is 57.6 Å². The van der Waals surface area contributed by atoms with E-state index in [-0.39, 0.29) is 4.90 Å². The minimum atomic E-state index is -4.02. The third-order valence-electron chi connectivity index (χ3n) is 3.79. The Morgan fingerprint density at radius 1 is 1.22 bits per heavy atom. The van der Waals surface area contributed by atoms with Crippen LogP contribution in [-0.2, 0) is 10.1 Å². The molecule has 1 fully saturated rings. The zero-order valence-electron chi connectivity index (χ0n) is 13.9. The van der Waals surface area contributed by atoms with Crippen LogP contribution in [0.4, 0.5) is 0 Å². The number of hydrogen-bond acceptors (Lipinski definition) is 3. The van der Waals surface area contributed by atoms with E-state index in [1.54, 1.807) is 12.1 Å². The molecule has 0 bridgehead atoms. The number of benzene rings is 1. The molecule has 2 rings (SSSR count). The van der Waals surface area contributed by atoms with Crippen molar-refractivity contribution in [2.45, 2.75) is 50.5 Å². The first kappa shape index (κ1) is 19.6. The second-order valence-corrected chi connectivity index (χ2v) is 7.59. The third-order valence-corrected chi connectivity index (χ3v) is 4.66. The first-order chi connectivity index (χ1) is 10.7. The number of hydrogen-bond donors (Lipinski definition) is 2. The van der Waals surface area contributed by atoms with Crippen LogP contribution in [0.3, 0.4) is 0 Å². The van der Waals surface area contributed by atoms with Crippen LogP contribution in [-0.4, -0.2) is 19.0 Å². The molecule has 1 saturated carbocycles. The second kappa shape index (κ2) is 9.01. The molecule has 1 aromatic carbocycles. The summed E-state index contributed by atoms with van der Waals surface area (Å²) in [5.41, 5.74) is 7.91. The predicted octanol–water partition coefficient (Wildman–Crippen LogP) is 3.88. The van der Waals surface area contributed by atoms with Crippen LogP contribution in [0.5, 0.6) is 0 Å². The minimum absolute atomic E-state index is 0.0666. The molecule has 0 aliphatic heterocycles. The van der Waals surface area contributed by atoms with E-state index in [1.807, 2.05) is 13.8 Å². The molecule has 1 aliphatic rings. The van der Waals surface area contributed by atoms with Gasteiger partial charge in [0.25, 0.3) is 10.1 Å². The molecule has 0 unspecified atom stereocenters. The Morgan fingerprint density at radius 2 is 1.74 bits per heavy atom. The van der Waals surface area contributed by atoms with E-state index in [4.69, 9.17) is 10.3 Å². The molecule has 0 atom stereocenters. The summed E-state index contributed by atoms with van der Waals surface area (Å²) in [6, 6.07) is 6.45. The molecule has 0 heterocycles. The van der Waals surface area contributed by atoms with Gasteiger partial charge in [0.2, 0.25) is 0 Å². The summed E-state index contributed by atoms with van der Waals surface area (Å²) in [4.78, 5) is -0.0666. The maximum atomic E-state index is 10.5. The Labute approximate surface area is 139 Å². The van der Waals surface area contributed by atoms with Crippen LogP contribution in [0.2, 0.25) is 0 Å². The predicted molar refractivity (Wildman–Crippen MR) is 94.9 cm³/mol. The van der Waals surface area contributed by atoms with Crippen molar-refractivity contribution in [1.82, 2.24) is 0 Å². The minimum Gasteiger partial charge on any atom is -0.328 e. The van der Waals surface area contributed by atoms with Crippen molar-refractivity contribution >= 4 is 10.1 Å². The maximum Gasteiger partial charge on any atom is 0.294 e. The summed E-state index contributed by atoms with van der Waals surface area (Å²) < 4.78 is 29.6. The lowest BCUT2D eigenvalue weighted by molar-refractivity contribution is 0.375. The molecule has 23 heavy (non-hydrogen) atoms. The quantitative estimate of drug-likeness (QED) is 0.648. The van der Waals surface area contributed by atoms with E-state index < -0.39 is 10.1 Å². The first-order valence-corrected chi connectivity index (χ1v) is 9.26. The monoisotopic (exact) mass is 337 g/mol. The number of aryl methyl sites for hydroxylation is 1. The van der Waals surface area contributed by atoms with Gasteiger partial charge in [-0.1, -0.05) is 42.0 Å². The van der Waals surface area contributed by atoms with Crippen molar-refractivity contribution in [2.75, 3.05) is 0 Å². The molecule has 1 aromatic rings. The molecule has 0 radical (unpaired) electrons. The van der Waals surface area contributed by atoms with E-state index in [0.717, 1.165) is 17.1 Å². The molecule has 4 nitrogen and oxygen atoms in total. The van der Waals surface area contributed by atoms with Crippen LogP contribution in [0.15, 0.2) is 53.5 Å². The van der Waals surface area contributed by atoms with E-state index in [2.05, 4.69) is 18.7 Å². The molecule has 128 valence electrons. The highest BCUT2D eigenvalue weighted by molar-refractivity contribution is 7.85. The van der Waals surface area contributed by atoms with Crippen molar-refractivity contribution in [3.63, 3.8) is 0 Å². The van der Waals surface area contributed by atoms with E-state index >= 15 is 0 Å². The van der Waals surface area contributed by atoms with Gasteiger partial charge in [0, 0.05) is 6.04 Å². The Morgan fingerprint density at radius 3 is 2.17 bits per heavy atom. The third kappa shape index (κ3) is 8.11. The smallest absolute Gasteiger partial charge is 0.294 e. The molecule has 3 N–H and O–H groups in total. The SMILES string of the molecule is C=C(C)/C=C/C1CCC(N)CC1.Cc1ccc(S(=O)(=O)O)cc1. The zero-order chi connectivity index (χ0) is 17.5.